The van der Waals surface area contributed by atoms with E-state index >= 15 is 0 Å². The van der Waals surface area contributed by atoms with Gasteiger partial charge in [0, 0.05) is 44.0 Å². The number of pyridine rings is 1. The molecule has 1 aliphatic rings. The third-order valence-corrected chi connectivity index (χ3v) is 5.99. The first-order chi connectivity index (χ1) is 15.3. The Kier molecular flexibility index (Phi) is 4.87. The molecule has 1 N–H and O–H groups in total. The fourth-order valence-corrected chi connectivity index (χ4v) is 4.36. The van der Waals surface area contributed by atoms with Crippen LogP contribution >= 0.6 is 0 Å². The van der Waals surface area contributed by atoms with Crippen molar-refractivity contribution in [3.05, 3.63) is 60.1 Å². The molecule has 1 fully saturated rings. The number of aromatic amines is 1. The van der Waals surface area contributed by atoms with E-state index in [0.717, 1.165) is 60.6 Å². The molecule has 0 bridgehead atoms. The number of fused-ring (bicyclic) bond motifs is 1. The Morgan fingerprint density at radius 1 is 1.12 bits per heavy atom. The van der Waals surface area contributed by atoms with Gasteiger partial charge in [-0.3, -0.25) is 5.10 Å². The predicted molar refractivity (Wildman–Crippen MR) is 112 cm³/mol. The van der Waals surface area contributed by atoms with Crippen LogP contribution in [0.25, 0.3) is 22.2 Å². The van der Waals surface area contributed by atoms with E-state index < -0.39 is 17.6 Å². The fourth-order valence-electron chi connectivity index (χ4n) is 4.36. The van der Waals surface area contributed by atoms with Crippen molar-refractivity contribution in [3.63, 3.8) is 0 Å². The van der Waals surface area contributed by atoms with Gasteiger partial charge in [-0.2, -0.15) is 18.3 Å². The quantitative estimate of drug-likeness (QED) is 0.457. The number of anilines is 1. The third-order valence-electron chi connectivity index (χ3n) is 5.99. The van der Waals surface area contributed by atoms with Crippen LogP contribution < -0.4 is 4.90 Å². The van der Waals surface area contributed by atoms with Crippen LogP contribution in [0.2, 0.25) is 0 Å². The van der Waals surface area contributed by atoms with E-state index in [1.165, 1.54) is 6.07 Å². The van der Waals surface area contributed by atoms with Crippen molar-refractivity contribution < 1.29 is 17.6 Å². The van der Waals surface area contributed by atoms with E-state index in [-0.39, 0.29) is 11.5 Å². The summed E-state index contributed by atoms with van der Waals surface area (Å²) in [6.45, 7) is 1.55. The van der Waals surface area contributed by atoms with E-state index in [4.69, 9.17) is 0 Å². The van der Waals surface area contributed by atoms with Gasteiger partial charge in [-0.1, -0.05) is 0 Å². The van der Waals surface area contributed by atoms with Gasteiger partial charge in [-0.25, -0.2) is 14.4 Å². The number of hydrogen-bond acceptors (Lipinski definition) is 4. The average molecular weight is 444 g/mol. The Morgan fingerprint density at radius 3 is 2.66 bits per heavy atom. The number of piperidine rings is 1. The second-order valence-electron chi connectivity index (χ2n) is 8.01. The Balaban J connectivity index is 1.36. The molecule has 4 aromatic rings. The summed E-state index contributed by atoms with van der Waals surface area (Å²) in [5.41, 5.74) is 0.300. The maximum Gasteiger partial charge on any atom is 0.419 e. The second kappa shape index (κ2) is 7.61. The van der Waals surface area contributed by atoms with Gasteiger partial charge in [-0.15, -0.1) is 0 Å². The second-order valence-corrected chi connectivity index (χ2v) is 8.01. The van der Waals surface area contributed by atoms with E-state index in [0.29, 0.717) is 5.69 Å². The van der Waals surface area contributed by atoms with Gasteiger partial charge in [-0.05, 0) is 37.1 Å². The van der Waals surface area contributed by atoms with Crippen LogP contribution in [0.1, 0.15) is 30.1 Å². The summed E-state index contributed by atoms with van der Waals surface area (Å²) < 4.78 is 54.8. The molecule has 4 heterocycles. The molecule has 0 saturated carbocycles. The predicted octanol–water partition coefficient (Wildman–Crippen LogP) is 4.90. The molecule has 0 unspecified atom stereocenters. The van der Waals surface area contributed by atoms with Gasteiger partial charge in [0.1, 0.15) is 17.5 Å². The Labute approximate surface area is 180 Å². The minimum Gasteiger partial charge on any atom is -0.356 e. The van der Waals surface area contributed by atoms with E-state index in [9.17, 15) is 17.6 Å². The number of hydrogen-bond donors (Lipinski definition) is 1. The van der Waals surface area contributed by atoms with Crippen LogP contribution in [-0.2, 0) is 13.2 Å². The lowest BCUT2D eigenvalue weighted by atomic mass is 9.95. The van der Waals surface area contributed by atoms with Crippen molar-refractivity contribution in [1.82, 2.24) is 24.7 Å². The summed E-state index contributed by atoms with van der Waals surface area (Å²) in [6, 6.07) is 4.87. The first kappa shape index (κ1) is 20.5. The van der Waals surface area contributed by atoms with Gasteiger partial charge in [0.15, 0.2) is 0 Å². The molecule has 10 heteroatoms. The molecule has 0 radical (unpaired) electrons. The molecule has 0 amide bonds. The van der Waals surface area contributed by atoms with Crippen molar-refractivity contribution >= 4 is 16.7 Å². The summed E-state index contributed by atoms with van der Waals surface area (Å²) >= 11 is 0. The summed E-state index contributed by atoms with van der Waals surface area (Å²) in [5, 5.41) is 8.02. The number of benzene rings is 1. The molecule has 6 nitrogen and oxygen atoms in total. The lowest BCUT2D eigenvalue weighted by Crippen LogP contribution is -2.34. The largest absolute Gasteiger partial charge is 0.419 e. The SMILES string of the molecule is Cn1cc(-c2ccc(F)c(C(F)(F)F)c2)nc1C1CCN(c2nccc3[nH]ncc23)CC1. The summed E-state index contributed by atoms with van der Waals surface area (Å²) in [4.78, 5) is 11.4. The molecule has 5 rings (SSSR count). The molecule has 166 valence electrons. The number of halogens is 4. The maximum atomic E-state index is 13.6. The number of imidazole rings is 1. The highest BCUT2D eigenvalue weighted by Crippen LogP contribution is 2.36. The van der Waals surface area contributed by atoms with Crippen LogP contribution in [0.15, 0.2) is 42.9 Å². The first-order valence-electron chi connectivity index (χ1n) is 10.2. The summed E-state index contributed by atoms with van der Waals surface area (Å²) in [7, 11) is 1.83. The molecular weight excluding hydrogens is 424 g/mol. The number of rotatable bonds is 3. The normalized spacial score (nSPS) is 15.6. The minimum absolute atomic E-state index is 0.163. The zero-order chi connectivity index (χ0) is 22.5. The van der Waals surface area contributed by atoms with Crippen LogP contribution in [0.4, 0.5) is 23.4 Å². The highest BCUT2D eigenvalue weighted by atomic mass is 19.4. The Hall–Kier alpha value is -3.43. The minimum atomic E-state index is -4.75. The Bertz CT molecular complexity index is 1270. The number of aryl methyl sites for hydroxylation is 1. The van der Waals surface area contributed by atoms with Gasteiger partial charge in [0.2, 0.25) is 0 Å². The monoisotopic (exact) mass is 444 g/mol. The van der Waals surface area contributed by atoms with Crippen molar-refractivity contribution in [2.45, 2.75) is 24.9 Å². The maximum absolute atomic E-state index is 13.6. The summed E-state index contributed by atoms with van der Waals surface area (Å²) in [5.74, 6) is 0.579. The van der Waals surface area contributed by atoms with Crippen LogP contribution in [-0.4, -0.2) is 37.8 Å². The number of nitrogens with zero attached hydrogens (tertiary/aromatic N) is 5. The van der Waals surface area contributed by atoms with E-state index in [1.54, 1.807) is 18.6 Å². The average Bonchev–Trinajstić information content (AvgIpc) is 3.40. The van der Waals surface area contributed by atoms with Crippen molar-refractivity contribution in [2.75, 3.05) is 18.0 Å². The van der Waals surface area contributed by atoms with Crippen molar-refractivity contribution in [2.24, 2.45) is 7.05 Å². The lowest BCUT2D eigenvalue weighted by Gasteiger charge is -2.32. The number of alkyl halides is 3. The zero-order valence-corrected chi connectivity index (χ0v) is 17.2. The lowest BCUT2D eigenvalue weighted by molar-refractivity contribution is -0.139. The van der Waals surface area contributed by atoms with Gasteiger partial charge < -0.3 is 9.47 Å². The van der Waals surface area contributed by atoms with Gasteiger partial charge in [0.25, 0.3) is 0 Å². The molecule has 1 aliphatic heterocycles. The standard InChI is InChI=1S/C22H20F4N6/c1-31-12-19(14-2-3-17(23)16(10-14)22(24,25)26)29-20(31)13-5-8-32(9-6-13)21-15-11-28-30-18(15)4-7-27-21/h2-4,7,10-13H,5-6,8-9H2,1H3,(H,28,30). The molecule has 0 aliphatic carbocycles. The number of H-pyrrole nitrogens is 1. The van der Waals surface area contributed by atoms with Crippen molar-refractivity contribution in [1.29, 1.82) is 0 Å². The van der Waals surface area contributed by atoms with Crippen molar-refractivity contribution in [3.8, 4) is 11.3 Å². The topological polar surface area (TPSA) is 62.6 Å². The van der Waals surface area contributed by atoms with Crippen LogP contribution in [0.3, 0.4) is 0 Å². The van der Waals surface area contributed by atoms with Gasteiger partial charge in [0.05, 0.1) is 28.4 Å². The number of nitrogens with one attached hydrogen (secondary N) is 1. The molecule has 32 heavy (non-hydrogen) atoms. The smallest absolute Gasteiger partial charge is 0.356 e. The molecule has 0 atom stereocenters. The highest BCUT2D eigenvalue weighted by molar-refractivity contribution is 5.88. The number of aromatic nitrogens is 5. The molecule has 1 aromatic carbocycles. The van der Waals surface area contributed by atoms with Crippen LogP contribution in [0, 0.1) is 5.82 Å². The molecular formula is C22H20F4N6. The van der Waals surface area contributed by atoms with Crippen LogP contribution in [0.5, 0.6) is 0 Å². The fraction of sp³-hybridized carbons (Fsp3) is 0.318. The highest BCUT2D eigenvalue weighted by Gasteiger charge is 2.34. The third kappa shape index (κ3) is 3.59. The van der Waals surface area contributed by atoms with E-state index in [2.05, 4.69) is 25.1 Å². The zero-order valence-electron chi connectivity index (χ0n) is 17.2. The first-order valence-corrected chi connectivity index (χ1v) is 10.2. The van der Waals surface area contributed by atoms with E-state index in [1.807, 2.05) is 17.7 Å². The molecule has 3 aromatic heterocycles. The van der Waals surface area contributed by atoms with Gasteiger partial charge >= 0.3 is 6.18 Å². The Morgan fingerprint density at radius 2 is 1.91 bits per heavy atom. The molecule has 1 saturated heterocycles. The summed E-state index contributed by atoms with van der Waals surface area (Å²) in [6.07, 6.45) is 2.13. The molecule has 0 spiro atoms.